The number of nitrogens with zero attached hydrogens (tertiary/aromatic N) is 1. The molecule has 1 saturated carbocycles. The molecular formula is C23H26Cl2N2O2. The zero-order valence-corrected chi connectivity index (χ0v) is 18.0. The van der Waals surface area contributed by atoms with Crippen LogP contribution in [-0.2, 0) is 22.6 Å². The smallest absolute Gasteiger partial charge is 0.242 e. The Bertz CT molecular complexity index is 851. The Morgan fingerprint density at radius 2 is 1.72 bits per heavy atom. The molecule has 1 fully saturated rings. The SMILES string of the molecule is C[C@H](C(=O)NC1CCCC1)N(Cc1ccccc1)C(=O)Cc1ccc(Cl)c(Cl)c1. The molecule has 29 heavy (non-hydrogen) atoms. The summed E-state index contributed by atoms with van der Waals surface area (Å²) >= 11 is 12.1. The highest BCUT2D eigenvalue weighted by Crippen LogP contribution is 2.24. The van der Waals surface area contributed by atoms with Gasteiger partial charge in [-0.3, -0.25) is 9.59 Å². The van der Waals surface area contributed by atoms with Crippen LogP contribution in [-0.4, -0.2) is 28.8 Å². The summed E-state index contributed by atoms with van der Waals surface area (Å²) in [4.78, 5) is 27.6. The summed E-state index contributed by atoms with van der Waals surface area (Å²) in [5.74, 6) is -0.225. The molecule has 4 nitrogen and oxygen atoms in total. The fourth-order valence-corrected chi connectivity index (χ4v) is 4.00. The fraction of sp³-hybridized carbons (Fsp3) is 0.391. The number of hydrogen-bond donors (Lipinski definition) is 1. The number of nitrogens with one attached hydrogen (secondary N) is 1. The number of rotatable bonds is 7. The summed E-state index contributed by atoms with van der Waals surface area (Å²) in [6.07, 6.45) is 4.46. The molecule has 0 radical (unpaired) electrons. The van der Waals surface area contributed by atoms with E-state index in [0.717, 1.165) is 36.8 Å². The van der Waals surface area contributed by atoms with Crippen molar-refractivity contribution in [1.82, 2.24) is 10.2 Å². The molecule has 3 rings (SSSR count). The van der Waals surface area contributed by atoms with Crippen LogP contribution < -0.4 is 5.32 Å². The van der Waals surface area contributed by atoms with E-state index in [9.17, 15) is 9.59 Å². The van der Waals surface area contributed by atoms with Crippen LogP contribution in [0.2, 0.25) is 10.0 Å². The lowest BCUT2D eigenvalue weighted by Crippen LogP contribution is -2.50. The summed E-state index contributed by atoms with van der Waals surface area (Å²) in [7, 11) is 0. The van der Waals surface area contributed by atoms with Gasteiger partial charge in [0.05, 0.1) is 16.5 Å². The van der Waals surface area contributed by atoms with Gasteiger partial charge >= 0.3 is 0 Å². The average molecular weight is 433 g/mol. The molecule has 1 N–H and O–H groups in total. The minimum absolute atomic E-state index is 0.102. The minimum Gasteiger partial charge on any atom is -0.352 e. The van der Waals surface area contributed by atoms with Crippen LogP contribution in [0.4, 0.5) is 0 Å². The maximum Gasteiger partial charge on any atom is 0.242 e. The Kier molecular flexibility index (Phi) is 7.57. The number of amides is 2. The van der Waals surface area contributed by atoms with Crippen LogP contribution in [0.25, 0.3) is 0 Å². The van der Waals surface area contributed by atoms with E-state index in [0.29, 0.717) is 16.6 Å². The summed E-state index contributed by atoms with van der Waals surface area (Å²) in [5.41, 5.74) is 1.75. The number of hydrogen-bond acceptors (Lipinski definition) is 2. The molecule has 6 heteroatoms. The van der Waals surface area contributed by atoms with Crippen molar-refractivity contribution in [2.45, 2.75) is 57.7 Å². The first-order valence-electron chi connectivity index (χ1n) is 10.0. The first kappa shape index (κ1) is 21.7. The lowest BCUT2D eigenvalue weighted by molar-refractivity contribution is -0.140. The van der Waals surface area contributed by atoms with Crippen molar-refractivity contribution in [2.24, 2.45) is 0 Å². The predicted octanol–water partition coefficient (Wildman–Crippen LogP) is 5.01. The van der Waals surface area contributed by atoms with Crippen LogP contribution in [0.5, 0.6) is 0 Å². The van der Waals surface area contributed by atoms with Crippen molar-refractivity contribution in [3.63, 3.8) is 0 Å². The van der Waals surface area contributed by atoms with Gasteiger partial charge in [0.15, 0.2) is 0 Å². The molecule has 0 saturated heterocycles. The lowest BCUT2D eigenvalue weighted by atomic mass is 10.1. The average Bonchev–Trinajstić information content (AvgIpc) is 3.22. The summed E-state index contributed by atoms with van der Waals surface area (Å²) in [6.45, 7) is 2.17. The van der Waals surface area contributed by atoms with E-state index in [4.69, 9.17) is 23.2 Å². The van der Waals surface area contributed by atoms with Crippen LogP contribution in [0.3, 0.4) is 0 Å². The molecule has 0 spiro atoms. The second kappa shape index (κ2) is 10.1. The molecule has 0 aliphatic heterocycles. The highest BCUT2D eigenvalue weighted by Gasteiger charge is 2.28. The van der Waals surface area contributed by atoms with Crippen molar-refractivity contribution >= 4 is 35.0 Å². The molecule has 2 aromatic carbocycles. The van der Waals surface area contributed by atoms with E-state index >= 15 is 0 Å². The molecule has 2 amide bonds. The van der Waals surface area contributed by atoms with E-state index in [2.05, 4.69) is 5.32 Å². The van der Waals surface area contributed by atoms with E-state index in [1.165, 1.54) is 0 Å². The minimum atomic E-state index is -0.564. The molecule has 0 bridgehead atoms. The van der Waals surface area contributed by atoms with E-state index in [1.807, 2.05) is 30.3 Å². The van der Waals surface area contributed by atoms with E-state index in [-0.39, 0.29) is 24.3 Å². The molecule has 1 aliphatic rings. The summed E-state index contributed by atoms with van der Waals surface area (Å²) in [5, 5.41) is 3.98. The third-order valence-electron chi connectivity index (χ3n) is 5.40. The van der Waals surface area contributed by atoms with Gasteiger partial charge in [-0.15, -0.1) is 0 Å². The highest BCUT2D eigenvalue weighted by molar-refractivity contribution is 6.42. The second-order valence-corrected chi connectivity index (χ2v) is 8.41. The maximum atomic E-state index is 13.2. The Morgan fingerprint density at radius 3 is 2.38 bits per heavy atom. The largest absolute Gasteiger partial charge is 0.352 e. The van der Waals surface area contributed by atoms with Crippen LogP contribution in [0, 0.1) is 0 Å². The van der Waals surface area contributed by atoms with Crippen LogP contribution in [0.1, 0.15) is 43.7 Å². The van der Waals surface area contributed by atoms with Gasteiger partial charge in [0.25, 0.3) is 0 Å². The summed E-state index contributed by atoms with van der Waals surface area (Å²) < 4.78 is 0. The third kappa shape index (κ3) is 5.97. The molecule has 1 aliphatic carbocycles. The number of carbonyl (C=O) groups is 2. The van der Waals surface area contributed by atoms with Gasteiger partial charge in [-0.05, 0) is 43.0 Å². The van der Waals surface area contributed by atoms with Gasteiger partial charge < -0.3 is 10.2 Å². The zero-order valence-electron chi connectivity index (χ0n) is 16.5. The third-order valence-corrected chi connectivity index (χ3v) is 6.14. The zero-order chi connectivity index (χ0) is 20.8. The molecule has 1 atom stereocenters. The first-order chi connectivity index (χ1) is 13.9. The molecular weight excluding hydrogens is 407 g/mol. The Morgan fingerprint density at radius 1 is 1.03 bits per heavy atom. The molecule has 154 valence electrons. The van der Waals surface area contributed by atoms with Crippen molar-refractivity contribution in [2.75, 3.05) is 0 Å². The van der Waals surface area contributed by atoms with Gasteiger partial charge in [0, 0.05) is 12.6 Å². The normalized spacial score (nSPS) is 15.1. The Hall–Kier alpha value is -2.04. The standard InChI is InChI=1S/C23H26Cl2N2O2/c1-16(23(29)26-19-9-5-6-10-19)27(15-17-7-3-2-4-8-17)22(28)14-18-11-12-20(24)21(25)13-18/h2-4,7-8,11-13,16,19H,5-6,9-10,14-15H2,1H3,(H,26,29)/t16-/m1/s1. The topological polar surface area (TPSA) is 49.4 Å². The van der Waals surface area contributed by atoms with Crippen molar-refractivity contribution < 1.29 is 9.59 Å². The van der Waals surface area contributed by atoms with Gasteiger partial charge in [-0.2, -0.15) is 0 Å². The number of carbonyl (C=O) groups excluding carboxylic acids is 2. The van der Waals surface area contributed by atoms with Gasteiger partial charge in [-0.1, -0.05) is 72.4 Å². The fourth-order valence-electron chi connectivity index (χ4n) is 3.68. The van der Waals surface area contributed by atoms with Gasteiger partial charge in [0.2, 0.25) is 11.8 Å². The lowest BCUT2D eigenvalue weighted by Gasteiger charge is -2.30. The number of halogens is 2. The van der Waals surface area contributed by atoms with Gasteiger partial charge in [-0.25, -0.2) is 0 Å². The first-order valence-corrected chi connectivity index (χ1v) is 10.8. The quantitative estimate of drug-likeness (QED) is 0.667. The van der Waals surface area contributed by atoms with E-state index < -0.39 is 6.04 Å². The van der Waals surface area contributed by atoms with Crippen LogP contribution >= 0.6 is 23.2 Å². The highest BCUT2D eigenvalue weighted by atomic mass is 35.5. The second-order valence-electron chi connectivity index (χ2n) is 7.60. The Labute approximate surface area is 182 Å². The Balaban J connectivity index is 1.76. The van der Waals surface area contributed by atoms with Crippen LogP contribution in [0.15, 0.2) is 48.5 Å². The van der Waals surface area contributed by atoms with Crippen molar-refractivity contribution in [1.29, 1.82) is 0 Å². The molecule has 2 aromatic rings. The van der Waals surface area contributed by atoms with Crippen molar-refractivity contribution in [3.05, 3.63) is 69.7 Å². The summed E-state index contributed by atoms with van der Waals surface area (Å²) in [6, 6.07) is 14.5. The van der Waals surface area contributed by atoms with E-state index in [1.54, 1.807) is 30.0 Å². The van der Waals surface area contributed by atoms with Crippen molar-refractivity contribution in [3.8, 4) is 0 Å². The number of benzene rings is 2. The molecule has 0 heterocycles. The van der Waals surface area contributed by atoms with Gasteiger partial charge in [0.1, 0.15) is 6.04 Å². The molecule has 0 unspecified atom stereocenters. The maximum absolute atomic E-state index is 13.2. The monoisotopic (exact) mass is 432 g/mol. The predicted molar refractivity (Wildman–Crippen MR) is 117 cm³/mol. The molecule has 0 aromatic heterocycles.